The van der Waals surface area contributed by atoms with Crippen LogP contribution < -0.4 is 11.1 Å². The molecule has 0 aromatic rings. The minimum Gasteiger partial charge on any atom is -0.465 e. The zero-order valence-electron chi connectivity index (χ0n) is 10.9. The first-order chi connectivity index (χ1) is 9.08. The molecule has 1 aliphatic heterocycles. The Morgan fingerprint density at radius 2 is 2.00 bits per heavy atom. The average Bonchev–Trinajstić information content (AvgIpc) is 2.90. The maximum atomic E-state index is 12.4. The predicted octanol–water partition coefficient (Wildman–Crippen LogP) is 0.673. The summed E-state index contributed by atoms with van der Waals surface area (Å²) >= 11 is 1.70. The number of nitrogens with two attached hydrogens (primary N) is 1. The van der Waals surface area contributed by atoms with Gasteiger partial charge in [0.1, 0.15) is 6.04 Å². The van der Waals surface area contributed by atoms with Gasteiger partial charge < -0.3 is 21.1 Å². The van der Waals surface area contributed by atoms with E-state index in [1.165, 1.54) is 0 Å². The Bertz CT molecular complexity index is 339. The van der Waals surface area contributed by atoms with Gasteiger partial charge in [0.2, 0.25) is 5.91 Å². The Labute approximate surface area is 117 Å². The number of nitrogens with one attached hydrogen (secondary N) is 1. The van der Waals surface area contributed by atoms with Crippen molar-refractivity contribution in [2.75, 3.05) is 18.2 Å². The largest absolute Gasteiger partial charge is 0.465 e. The van der Waals surface area contributed by atoms with E-state index in [1.54, 1.807) is 16.7 Å². The van der Waals surface area contributed by atoms with Crippen molar-refractivity contribution in [1.82, 2.24) is 10.2 Å². The Morgan fingerprint density at radius 3 is 2.53 bits per heavy atom. The number of amides is 2. The summed E-state index contributed by atoms with van der Waals surface area (Å²) in [6.45, 7) is 0.716. The van der Waals surface area contributed by atoms with Crippen LogP contribution in [0.3, 0.4) is 0 Å². The van der Waals surface area contributed by atoms with Crippen LogP contribution in [0.4, 0.5) is 4.79 Å². The molecular formula is C12H21N3O3S. The molecule has 0 unspecified atom stereocenters. The molecule has 1 saturated heterocycles. The van der Waals surface area contributed by atoms with E-state index in [9.17, 15) is 9.59 Å². The monoisotopic (exact) mass is 287 g/mol. The van der Waals surface area contributed by atoms with Crippen LogP contribution in [0.25, 0.3) is 0 Å². The number of hydrogen-bond donors (Lipinski definition) is 3. The van der Waals surface area contributed by atoms with Gasteiger partial charge in [-0.15, -0.1) is 11.8 Å². The molecule has 4 N–H and O–H groups in total. The summed E-state index contributed by atoms with van der Waals surface area (Å²) in [7, 11) is 0. The second-order valence-electron chi connectivity index (χ2n) is 5.24. The molecule has 2 rings (SSSR count). The summed E-state index contributed by atoms with van der Waals surface area (Å²) in [6, 6.07) is -0.414. The van der Waals surface area contributed by atoms with Crippen molar-refractivity contribution in [3.05, 3.63) is 0 Å². The van der Waals surface area contributed by atoms with E-state index >= 15 is 0 Å². The minimum atomic E-state index is -1.12. The molecule has 19 heavy (non-hydrogen) atoms. The zero-order valence-corrected chi connectivity index (χ0v) is 11.7. The van der Waals surface area contributed by atoms with Crippen molar-refractivity contribution in [2.45, 2.75) is 37.8 Å². The molecule has 1 atom stereocenters. The lowest BCUT2D eigenvalue weighted by atomic mass is 9.81. The molecule has 1 heterocycles. The van der Waals surface area contributed by atoms with Crippen LogP contribution in [-0.4, -0.2) is 52.3 Å². The molecule has 0 spiro atoms. The Kier molecular flexibility index (Phi) is 4.93. The van der Waals surface area contributed by atoms with Crippen LogP contribution in [-0.2, 0) is 4.79 Å². The highest BCUT2D eigenvalue weighted by molar-refractivity contribution is 7.99. The fraction of sp³-hybridized carbons (Fsp3) is 0.833. The van der Waals surface area contributed by atoms with Crippen molar-refractivity contribution >= 4 is 23.8 Å². The number of carbonyl (C=O) groups excluding carboxylic acids is 1. The molecule has 7 heteroatoms. The molecule has 2 amide bonds. The number of nitrogens with zero attached hydrogens (tertiary/aromatic N) is 1. The van der Waals surface area contributed by atoms with Gasteiger partial charge in [-0.1, -0.05) is 0 Å². The summed E-state index contributed by atoms with van der Waals surface area (Å²) in [5.41, 5.74) is 5.86. The van der Waals surface area contributed by atoms with Gasteiger partial charge in [0.15, 0.2) is 0 Å². The van der Waals surface area contributed by atoms with Crippen molar-refractivity contribution in [3.63, 3.8) is 0 Å². The summed E-state index contributed by atoms with van der Waals surface area (Å²) in [6.07, 6.45) is 2.24. The quantitative estimate of drug-likeness (QED) is 0.709. The molecule has 6 nitrogen and oxygen atoms in total. The van der Waals surface area contributed by atoms with Crippen LogP contribution >= 0.6 is 11.8 Å². The van der Waals surface area contributed by atoms with Gasteiger partial charge in [0.05, 0.1) is 5.88 Å². The lowest BCUT2D eigenvalue weighted by Gasteiger charge is -2.33. The van der Waals surface area contributed by atoms with Crippen LogP contribution in [0.2, 0.25) is 0 Å². The molecule has 1 saturated carbocycles. The third-order valence-corrected chi connectivity index (χ3v) is 4.86. The fourth-order valence-electron chi connectivity index (χ4n) is 2.78. The Balaban J connectivity index is 2.01. The van der Waals surface area contributed by atoms with E-state index in [0.717, 1.165) is 31.4 Å². The first-order valence-electron chi connectivity index (χ1n) is 6.69. The van der Waals surface area contributed by atoms with Gasteiger partial charge in [-0.05, 0) is 31.6 Å². The highest BCUT2D eigenvalue weighted by Gasteiger charge is 2.35. The highest BCUT2D eigenvalue weighted by Crippen LogP contribution is 2.28. The third-order valence-electron chi connectivity index (χ3n) is 3.90. The number of carboxylic acid groups (broad SMARTS) is 1. The topological polar surface area (TPSA) is 95.7 Å². The number of thioether (sulfide) groups is 1. The van der Waals surface area contributed by atoms with Crippen LogP contribution in [0.15, 0.2) is 0 Å². The second kappa shape index (κ2) is 6.47. The maximum absolute atomic E-state index is 12.4. The molecule has 2 fully saturated rings. The first kappa shape index (κ1) is 14.5. The van der Waals surface area contributed by atoms with Gasteiger partial charge in [0.25, 0.3) is 0 Å². The summed E-state index contributed by atoms with van der Waals surface area (Å²) in [5.74, 6) is 1.60. The van der Waals surface area contributed by atoms with Crippen molar-refractivity contribution < 1.29 is 14.7 Å². The van der Waals surface area contributed by atoms with E-state index in [1.807, 2.05) is 0 Å². The second-order valence-corrected chi connectivity index (χ2v) is 6.32. The van der Waals surface area contributed by atoms with Gasteiger partial charge in [-0.25, -0.2) is 4.79 Å². The molecule has 2 aliphatic rings. The molecule has 0 aromatic carbocycles. The lowest BCUT2D eigenvalue weighted by molar-refractivity contribution is -0.133. The van der Waals surface area contributed by atoms with E-state index < -0.39 is 12.1 Å². The van der Waals surface area contributed by atoms with E-state index in [0.29, 0.717) is 12.4 Å². The normalized spacial score (nSPS) is 29.0. The van der Waals surface area contributed by atoms with Crippen molar-refractivity contribution in [3.8, 4) is 0 Å². The molecular weight excluding hydrogens is 266 g/mol. The minimum absolute atomic E-state index is 0.0760. The zero-order chi connectivity index (χ0) is 13.8. The molecule has 0 aromatic heterocycles. The van der Waals surface area contributed by atoms with Crippen molar-refractivity contribution in [2.24, 2.45) is 11.7 Å². The SMILES string of the molecule is NC1CCC([C@H](NC(=O)O)C(=O)N2CCSC2)CC1. The summed E-state index contributed by atoms with van der Waals surface area (Å²) in [5, 5.41) is 11.4. The maximum Gasteiger partial charge on any atom is 0.405 e. The predicted molar refractivity (Wildman–Crippen MR) is 73.9 cm³/mol. The number of carbonyl (C=O) groups is 2. The molecule has 108 valence electrons. The van der Waals surface area contributed by atoms with Crippen LogP contribution in [0.5, 0.6) is 0 Å². The summed E-state index contributed by atoms with van der Waals surface area (Å²) in [4.78, 5) is 25.1. The van der Waals surface area contributed by atoms with Crippen LogP contribution in [0.1, 0.15) is 25.7 Å². The van der Waals surface area contributed by atoms with Gasteiger partial charge in [0, 0.05) is 18.3 Å². The Hall–Kier alpha value is -0.950. The first-order valence-corrected chi connectivity index (χ1v) is 7.85. The Morgan fingerprint density at radius 1 is 1.32 bits per heavy atom. The van der Waals surface area contributed by atoms with Crippen LogP contribution in [0, 0.1) is 5.92 Å². The van der Waals surface area contributed by atoms with E-state index in [2.05, 4.69) is 5.32 Å². The van der Waals surface area contributed by atoms with Gasteiger partial charge in [-0.3, -0.25) is 4.79 Å². The van der Waals surface area contributed by atoms with E-state index in [4.69, 9.17) is 10.8 Å². The van der Waals surface area contributed by atoms with Gasteiger partial charge >= 0.3 is 6.09 Å². The molecule has 0 bridgehead atoms. The van der Waals surface area contributed by atoms with Crippen molar-refractivity contribution in [1.29, 1.82) is 0 Å². The number of rotatable bonds is 3. The highest BCUT2D eigenvalue weighted by atomic mass is 32.2. The summed E-state index contributed by atoms with van der Waals surface area (Å²) < 4.78 is 0. The third kappa shape index (κ3) is 3.76. The standard InChI is InChI=1S/C12H21N3O3S/c13-9-3-1-8(2-4-9)10(14-12(17)18)11(16)15-5-6-19-7-15/h8-10,14H,1-7,13H2,(H,17,18)/t8?,9?,10-/m0/s1. The molecule has 1 aliphatic carbocycles. The average molecular weight is 287 g/mol. The fourth-order valence-corrected chi connectivity index (χ4v) is 3.73. The lowest BCUT2D eigenvalue weighted by Crippen LogP contribution is -2.52. The smallest absolute Gasteiger partial charge is 0.405 e. The molecule has 0 radical (unpaired) electrons. The van der Waals surface area contributed by atoms with Gasteiger partial charge in [-0.2, -0.15) is 0 Å². The van der Waals surface area contributed by atoms with E-state index in [-0.39, 0.29) is 17.9 Å². The number of hydrogen-bond acceptors (Lipinski definition) is 4.